The molecule has 0 bridgehead atoms. The van der Waals surface area contributed by atoms with Crippen molar-refractivity contribution >= 4 is 22.4 Å². The van der Waals surface area contributed by atoms with Crippen LogP contribution in [0.2, 0.25) is 0 Å². The third kappa shape index (κ3) is 4.04. The van der Waals surface area contributed by atoms with E-state index in [9.17, 15) is 4.79 Å². The molecule has 1 atom stereocenters. The van der Waals surface area contributed by atoms with Gasteiger partial charge in [-0.25, -0.2) is 4.98 Å². The van der Waals surface area contributed by atoms with Crippen LogP contribution in [0.15, 0.2) is 5.38 Å². The minimum Gasteiger partial charge on any atom is -0.313 e. The minimum absolute atomic E-state index is 0.0700. The van der Waals surface area contributed by atoms with E-state index in [0.29, 0.717) is 11.2 Å². The summed E-state index contributed by atoms with van der Waals surface area (Å²) in [6, 6.07) is 0.614. The van der Waals surface area contributed by atoms with Crippen LogP contribution in [0.1, 0.15) is 25.5 Å². The average Bonchev–Trinajstić information content (AvgIpc) is 2.89. The summed E-state index contributed by atoms with van der Waals surface area (Å²) in [4.78, 5) is 17.6. The topological polar surface area (TPSA) is 57.3 Å². The lowest BCUT2D eigenvalue weighted by atomic mass is 10.2. The maximum absolute atomic E-state index is 10.9. The maximum Gasteiger partial charge on any atom is 0.223 e. The third-order valence-corrected chi connectivity index (χ3v) is 3.77. The van der Waals surface area contributed by atoms with Crippen molar-refractivity contribution in [3.8, 4) is 0 Å². The standard InChI is InChI=1S/C12H20N4OS/c1-9(17)14-12-15-11(8-18-12)7-16(2)6-10-4-3-5-13-10/h8,10,13H,3-7H2,1-2H3,(H,14,15,17). The van der Waals surface area contributed by atoms with Gasteiger partial charge < -0.3 is 10.6 Å². The summed E-state index contributed by atoms with van der Waals surface area (Å²) in [6.07, 6.45) is 2.54. The first-order chi connectivity index (χ1) is 8.63. The van der Waals surface area contributed by atoms with Crippen molar-refractivity contribution < 1.29 is 4.79 Å². The van der Waals surface area contributed by atoms with Crippen LogP contribution in [-0.4, -0.2) is 42.0 Å². The fourth-order valence-corrected chi connectivity index (χ4v) is 2.96. The molecule has 1 unspecified atom stereocenters. The fourth-order valence-electron chi connectivity index (χ4n) is 2.22. The lowest BCUT2D eigenvalue weighted by Gasteiger charge is -2.19. The number of nitrogens with one attached hydrogen (secondary N) is 2. The predicted molar refractivity (Wildman–Crippen MR) is 73.8 cm³/mol. The van der Waals surface area contributed by atoms with E-state index in [2.05, 4.69) is 27.6 Å². The van der Waals surface area contributed by atoms with Gasteiger partial charge in [0.2, 0.25) is 5.91 Å². The van der Waals surface area contributed by atoms with E-state index >= 15 is 0 Å². The van der Waals surface area contributed by atoms with Crippen LogP contribution in [0.4, 0.5) is 5.13 Å². The summed E-state index contributed by atoms with van der Waals surface area (Å²) in [5, 5.41) is 8.89. The van der Waals surface area contributed by atoms with Crippen molar-refractivity contribution in [1.29, 1.82) is 0 Å². The largest absolute Gasteiger partial charge is 0.313 e. The van der Waals surface area contributed by atoms with E-state index in [4.69, 9.17) is 0 Å². The van der Waals surface area contributed by atoms with Crippen LogP contribution in [0.5, 0.6) is 0 Å². The van der Waals surface area contributed by atoms with E-state index < -0.39 is 0 Å². The van der Waals surface area contributed by atoms with Crippen LogP contribution in [0.25, 0.3) is 0 Å². The molecule has 0 saturated carbocycles. The Labute approximate surface area is 112 Å². The van der Waals surface area contributed by atoms with Crippen molar-refractivity contribution in [2.24, 2.45) is 0 Å². The van der Waals surface area contributed by atoms with Gasteiger partial charge in [-0.15, -0.1) is 11.3 Å². The zero-order valence-corrected chi connectivity index (χ0v) is 11.7. The summed E-state index contributed by atoms with van der Waals surface area (Å²) < 4.78 is 0. The first-order valence-corrected chi connectivity index (χ1v) is 7.15. The molecule has 2 rings (SSSR count). The van der Waals surface area contributed by atoms with Crippen molar-refractivity contribution in [2.75, 3.05) is 25.5 Å². The number of thiazole rings is 1. The number of likely N-dealkylation sites (N-methyl/N-ethyl adjacent to an activating group) is 1. The molecule has 0 aliphatic carbocycles. The molecule has 1 aliphatic rings. The Balaban J connectivity index is 1.80. The average molecular weight is 268 g/mol. The Bertz CT molecular complexity index is 401. The maximum atomic E-state index is 10.9. The zero-order chi connectivity index (χ0) is 13.0. The number of aromatic nitrogens is 1. The van der Waals surface area contributed by atoms with Gasteiger partial charge in [-0.2, -0.15) is 0 Å². The number of anilines is 1. The van der Waals surface area contributed by atoms with E-state index in [-0.39, 0.29) is 5.91 Å². The number of carbonyl (C=O) groups excluding carboxylic acids is 1. The highest BCUT2D eigenvalue weighted by molar-refractivity contribution is 7.13. The van der Waals surface area contributed by atoms with Crippen molar-refractivity contribution in [2.45, 2.75) is 32.4 Å². The van der Waals surface area contributed by atoms with Crippen LogP contribution >= 0.6 is 11.3 Å². The molecule has 1 saturated heterocycles. The van der Waals surface area contributed by atoms with E-state index in [1.807, 2.05) is 5.38 Å². The molecule has 1 fully saturated rings. The smallest absolute Gasteiger partial charge is 0.223 e. The third-order valence-electron chi connectivity index (χ3n) is 2.96. The van der Waals surface area contributed by atoms with Crippen LogP contribution in [-0.2, 0) is 11.3 Å². The van der Waals surface area contributed by atoms with Crippen LogP contribution < -0.4 is 10.6 Å². The lowest BCUT2D eigenvalue weighted by Crippen LogP contribution is -2.35. The quantitative estimate of drug-likeness (QED) is 0.845. The number of hydrogen-bond acceptors (Lipinski definition) is 5. The van der Waals surface area contributed by atoms with Gasteiger partial charge in [-0.3, -0.25) is 9.69 Å². The molecule has 6 heteroatoms. The molecule has 1 aliphatic heterocycles. The van der Waals surface area contributed by atoms with E-state index in [0.717, 1.165) is 25.3 Å². The van der Waals surface area contributed by atoms with Crippen molar-refractivity contribution in [1.82, 2.24) is 15.2 Å². The molecule has 5 nitrogen and oxygen atoms in total. The van der Waals surface area contributed by atoms with Crippen LogP contribution in [0, 0.1) is 0 Å². The highest BCUT2D eigenvalue weighted by Gasteiger charge is 2.16. The summed E-state index contributed by atoms with van der Waals surface area (Å²) in [7, 11) is 2.11. The second kappa shape index (κ2) is 6.26. The molecule has 0 aromatic carbocycles. The molecule has 0 radical (unpaired) electrons. The highest BCUT2D eigenvalue weighted by atomic mass is 32.1. The number of nitrogens with zero attached hydrogens (tertiary/aromatic N) is 2. The summed E-state index contributed by atoms with van der Waals surface area (Å²) in [5.41, 5.74) is 1.02. The van der Waals surface area contributed by atoms with Gasteiger partial charge >= 0.3 is 0 Å². The first-order valence-electron chi connectivity index (χ1n) is 6.27. The molecular weight excluding hydrogens is 248 g/mol. The van der Waals surface area contributed by atoms with Gasteiger partial charge in [0.25, 0.3) is 0 Å². The normalized spacial score (nSPS) is 19.4. The Morgan fingerprint density at radius 3 is 3.22 bits per heavy atom. The van der Waals surface area contributed by atoms with Gasteiger partial charge in [0.05, 0.1) is 5.69 Å². The lowest BCUT2D eigenvalue weighted by molar-refractivity contribution is -0.114. The van der Waals surface area contributed by atoms with Crippen LogP contribution in [0.3, 0.4) is 0 Å². The molecule has 2 N–H and O–H groups in total. The number of carbonyl (C=O) groups is 1. The van der Waals surface area contributed by atoms with E-state index in [1.165, 1.54) is 31.1 Å². The zero-order valence-electron chi connectivity index (χ0n) is 10.9. The molecule has 100 valence electrons. The number of hydrogen-bond donors (Lipinski definition) is 2. The Kier molecular flexibility index (Phi) is 4.68. The summed E-state index contributed by atoms with van der Waals surface area (Å²) >= 11 is 1.48. The fraction of sp³-hybridized carbons (Fsp3) is 0.667. The van der Waals surface area contributed by atoms with Crippen molar-refractivity contribution in [3.63, 3.8) is 0 Å². The van der Waals surface area contributed by atoms with Crippen molar-refractivity contribution in [3.05, 3.63) is 11.1 Å². The second-order valence-electron chi connectivity index (χ2n) is 4.82. The summed E-state index contributed by atoms with van der Waals surface area (Å²) in [5.74, 6) is -0.0700. The molecule has 0 spiro atoms. The van der Waals surface area contributed by atoms with E-state index in [1.54, 1.807) is 0 Å². The Morgan fingerprint density at radius 1 is 1.72 bits per heavy atom. The molecule has 1 aromatic heterocycles. The minimum atomic E-state index is -0.0700. The van der Waals surface area contributed by atoms with Gasteiger partial charge in [-0.05, 0) is 26.4 Å². The number of amides is 1. The Morgan fingerprint density at radius 2 is 2.56 bits per heavy atom. The monoisotopic (exact) mass is 268 g/mol. The van der Waals surface area contributed by atoms with Gasteiger partial charge in [0.1, 0.15) is 0 Å². The predicted octanol–water partition coefficient (Wildman–Crippen LogP) is 1.29. The molecule has 1 amide bonds. The number of rotatable bonds is 5. The van der Waals surface area contributed by atoms with Gasteiger partial charge in [-0.1, -0.05) is 0 Å². The molecular formula is C12H20N4OS. The Hall–Kier alpha value is -0.980. The van der Waals surface area contributed by atoms with Gasteiger partial charge in [0, 0.05) is 31.4 Å². The molecule has 18 heavy (non-hydrogen) atoms. The SMILES string of the molecule is CC(=O)Nc1nc(CN(C)CC2CCCN2)cs1. The highest BCUT2D eigenvalue weighted by Crippen LogP contribution is 2.16. The first kappa shape index (κ1) is 13.5. The second-order valence-corrected chi connectivity index (χ2v) is 5.67. The molecule has 1 aromatic rings. The summed E-state index contributed by atoms with van der Waals surface area (Å²) in [6.45, 7) is 4.52. The molecule has 2 heterocycles. The van der Waals surface area contributed by atoms with Gasteiger partial charge in [0.15, 0.2) is 5.13 Å².